The van der Waals surface area contributed by atoms with Crippen LogP contribution >= 0.6 is 11.6 Å². The molecular weight excluding hydrogens is 393 g/mol. The molecule has 0 radical (unpaired) electrons. The molecule has 0 saturated carbocycles. The van der Waals surface area contributed by atoms with Crippen molar-refractivity contribution in [3.05, 3.63) is 56.8 Å². The fourth-order valence-corrected chi connectivity index (χ4v) is 3.17. The van der Waals surface area contributed by atoms with E-state index in [0.717, 1.165) is 0 Å². The number of halogens is 2. The molecule has 1 heterocycles. The van der Waals surface area contributed by atoms with Gasteiger partial charge in [0.15, 0.2) is 11.5 Å². The van der Waals surface area contributed by atoms with Crippen molar-refractivity contribution in [1.82, 2.24) is 5.32 Å². The Hall–Kier alpha value is -2.91. The molecule has 0 aliphatic carbocycles. The van der Waals surface area contributed by atoms with Crippen molar-refractivity contribution in [3.63, 3.8) is 0 Å². The fourth-order valence-electron chi connectivity index (χ4n) is 2.77. The molecule has 28 heavy (non-hydrogen) atoms. The number of rotatable bonds is 6. The number of ether oxygens (including phenoxy) is 2. The van der Waals surface area contributed by atoms with Gasteiger partial charge in [0.25, 0.3) is 5.69 Å². The molecule has 1 aliphatic rings. The molecule has 0 saturated heterocycles. The Kier molecular flexibility index (Phi) is 5.39. The molecule has 2 aromatic carbocycles. The molecule has 2 aromatic rings. The van der Waals surface area contributed by atoms with Crippen LogP contribution in [0.25, 0.3) is 0 Å². The zero-order valence-electron chi connectivity index (χ0n) is 15.0. The van der Waals surface area contributed by atoms with E-state index in [2.05, 4.69) is 10.6 Å². The molecule has 0 atom stereocenters. The molecule has 0 unspecified atom stereocenters. The summed E-state index contributed by atoms with van der Waals surface area (Å²) in [6.45, 7) is 3.36. The minimum absolute atomic E-state index is 0.00123. The Bertz CT molecular complexity index is 951. The highest BCUT2D eigenvalue weighted by Gasteiger charge is 2.26. The predicted octanol–water partition coefficient (Wildman–Crippen LogP) is 3.58. The molecular formula is C18H17ClFN3O5. The van der Waals surface area contributed by atoms with Gasteiger partial charge in [0.05, 0.1) is 17.5 Å². The molecule has 0 bridgehead atoms. The SMILES string of the molecule is CC(C)(NCC(=O)Nc1cc2c(cc1[N+](=O)[O-])OCO2)c1ccc(F)cc1Cl. The fraction of sp³-hybridized carbons (Fsp3) is 0.278. The Morgan fingerprint density at radius 2 is 1.96 bits per heavy atom. The Morgan fingerprint density at radius 1 is 1.29 bits per heavy atom. The van der Waals surface area contributed by atoms with Crippen LogP contribution in [0, 0.1) is 15.9 Å². The average Bonchev–Trinajstić information content (AvgIpc) is 3.06. The van der Waals surface area contributed by atoms with Crippen LogP contribution < -0.4 is 20.1 Å². The summed E-state index contributed by atoms with van der Waals surface area (Å²) in [6.07, 6.45) is 0. The van der Waals surface area contributed by atoms with Gasteiger partial charge in [0.1, 0.15) is 11.5 Å². The van der Waals surface area contributed by atoms with E-state index in [9.17, 15) is 19.3 Å². The summed E-state index contributed by atoms with van der Waals surface area (Å²) in [7, 11) is 0. The summed E-state index contributed by atoms with van der Waals surface area (Å²) < 4.78 is 23.6. The summed E-state index contributed by atoms with van der Waals surface area (Å²) in [6, 6.07) is 6.55. The number of fused-ring (bicyclic) bond motifs is 1. The first-order valence-electron chi connectivity index (χ1n) is 8.26. The maximum absolute atomic E-state index is 13.2. The first-order chi connectivity index (χ1) is 13.2. The summed E-state index contributed by atoms with van der Waals surface area (Å²) in [5, 5.41) is 17.0. The van der Waals surface area contributed by atoms with Crippen molar-refractivity contribution >= 4 is 28.9 Å². The number of hydrogen-bond acceptors (Lipinski definition) is 6. The highest BCUT2D eigenvalue weighted by atomic mass is 35.5. The topological polar surface area (TPSA) is 103 Å². The van der Waals surface area contributed by atoms with Crippen LogP contribution in [0.3, 0.4) is 0 Å². The molecule has 2 N–H and O–H groups in total. The van der Waals surface area contributed by atoms with Crippen LogP contribution in [-0.2, 0) is 10.3 Å². The van der Waals surface area contributed by atoms with E-state index in [1.54, 1.807) is 13.8 Å². The minimum atomic E-state index is -0.747. The quantitative estimate of drug-likeness (QED) is 0.558. The number of nitrogens with one attached hydrogen (secondary N) is 2. The number of nitro groups is 1. The van der Waals surface area contributed by atoms with Crippen LogP contribution in [0.2, 0.25) is 5.02 Å². The Labute approximate surface area is 164 Å². The summed E-state index contributed by atoms with van der Waals surface area (Å²) >= 11 is 6.09. The van der Waals surface area contributed by atoms with Crippen molar-refractivity contribution in [3.8, 4) is 11.5 Å². The number of hydrogen-bond donors (Lipinski definition) is 2. The van der Waals surface area contributed by atoms with Crippen molar-refractivity contribution in [2.75, 3.05) is 18.7 Å². The van der Waals surface area contributed by atoms with Gasteiger partial charge in [-0.15, -0.1) is 0 Å². The molecule has 1 aliphatic heterocycles. The first kappa shape index (κ1) is 19.8. The second-order valence-electron chi connectivity index (χ2n) is 6.63. The number of nitro benzene ring substituents is 1. The zero-order valence-corrected chi connectivity index (χ0v) is 15.8. The third kappa shape index (κ3) is 4.15. The molecule has 0 aromatic heterocycles. The van der Waals surface area contributed by atoms with Gasteiger partial charge in [-0.05, 0) is 31.5 Å². The van der Waals surface area contributed by atoms with Crippen LogP contribution in [0.5, 0.6) is 11.5 Å². The van der Waals surface area contributed by atoms with Crippen molar-refractivity contribution < 1.29 is 23.6 Å². The first-order valence-corrected chi connectivity index (χ1v) is 8.63. The van der Waals surface area contributed by atoms with E-state index in [4.69, 9.17) is 21.1 Å². The number of carbonyl (C=O) groups is 1. The number of benzene rings is 2. The van der Waals surface area contributed by atoms with Crippen LogP contribution in [-0.4, -0.2) is 24.2 Å². The van der Waals surface area contributed by atoms with Crippen molar-refractivity contribution in [2.24, 2.45) is 0 Å². The number of anilines is 1. The summed E-state index contributed by atoms with van der Waals surface area (Å²) in [4.78, 5) is 23.0. The van der Waals surface area contributed by atoms with Gasteiger partial charge < -0.3 is 14.8 Å². The number of amides is 1. The van der Waals surface area contributed by atoms with Gasteiger partial charge in [-0.25, -0.2) is 4.39 Å². The van der Waals surface area contributed by atoms with E-state index >= 15 is 0 Å². The average molecular weight is 410 g/mol. The lowest BCUT2D eigenvalue weighted by Crippen LogP contribution is -2.41. The second kappa shape index (κ2) is 7.61. The molecule has 0 spiro atoms. The van der Waals surface area contributed by atoms with Gasteiger partial charge in [0, 0.05) is 16.6 Å². The number of nitrogens with zero attached hydrogens (tertiary/aromatic N) is 1. The zero-order chi connectivity index (χ0) is 20.5. The van der Waals surface area contributed by atoms with E-state index < -0.39 is 22.2 Å². The van der Waals surface area contributed by atoms with Crippen LogP contribution in [0.1, 0.15) is 19.4 Å². The van der Waals surface area contributed by atoms with E-state index in [0.29, 0.717) is 11.3 Å². The Morgan fingerprint density at radius 3 is 2.61 bits per heavy atom. The van der Waals surface area contributed by atoms with Gasteiger partial charge in [-0.1, -0.05) is 17.7 Å². The van der Waals surface area contributed by atoms with Gasteiger partial charge in [-0.2, -0.15) is 0 Å². The van der Waals surface area contributed by atoms with E-state index in [1.807, 2.05) is 0 Å². The summed E-state index contributed by atoms with van der Waals surface area (Å²) in [5.41, 5.74) is -0.447. The molecule has 148 valence electrons. The van der Waals surface area contributed by atoms with E-state index in [-0.39, 0.29) is 35.5 Å². The second-order valence-corrected chi connectivity index (χ2v) is 7.04. The lowest BCUT2D eigenvalue weighted by Gasteiger charge is -2.27. The lowest BCUT2D eigenvalue weighted by atomic mass is 9.94. The highest BCUT2D eigenvalue weighted by molar-refractivity contribution is 6.31. The number of carbonyl (C=O) groups excluding carboxylic acids is 1. The smallest absolute Gasteiger partial charge is 0.296 e. The maximum atomic E-state index is 13.2. The minimum Gasteiger partial charge on any atom is -0.454 e. The van der Waals surface area contributed by atoms with Gasteiger partial charge in [-0.3, -0.25) is 20.2 Å². The molecule has 10 heteroatoms. The van der Waals surface area contributed by atoms with Crippen LogP contribution in [0.4, 0.5) is 15.8 Å². The lowest BCUT2D eigenvalue weighted by molar-refractivity contribution is -0.384. The third-order valence-corrected chi connectivity index (χ3v) is 4.57. The standard InChI is InChI=1S/C18H17ClFN3O5/c1-18(2,11-4-3-10(20)5-12(11)19)21-8-17(24)22-13-6-15-16(28-9-27-15)7-14(13)23(25)26/h3-7,21H,8-9H2,1-2H3,(H,22,24). The van der Waals surface area contributed by atoms with Crippen LogP contribution in [0.15, 0.2) is 30.3 Å². The maximum Gasteiger partial charge on any atom is 0.296 e. The molecule has 8 nitrogen and oxygen atoms in total. The highest BCUT2D eigenvalue weighted by Crippen LogP contribution is 2.40. The third-order valence-electron chi connectivity index (χ3n) is 4.26. The monoisotopic (exact) mass is 409 g/mol. The Balaban J connectivity index is 1.71. The molecule has 3 rings (SSSR count). The van der Waals surface area contributed by atoms with Crippen molar-refractivity contribution in [1.29, 1.82) is 0 Å². The largest absolute Gasteiger partial charge is 0.454 e. The van der Waals surface area contributed by atoms with E-state index in [1.165, 1.54) is 30.3 Å². The van der Waals surface area contributed by atoms with Gasteiger partial charge in [0.2, 0.25) is 12.7 Å². The molecule has 1 amide bonds. The van der Waals surface area contributed by atoms with Crippen molar-refractivity contribution in [2.45, 2.75) is 19.4 Å². The summed E-state index contributed by atoms with van der Waals surface area (Å²) in [5.74, 6) is -0.409. The van der Waals surface area contributed by atoms with Gasteiger partial charge >= 0.3 is 0 Å². The predicted molar refractivity (Wildman–Crippen MR) is 100 cm³/mol. The molecule has 0 fully saturated rings. The normalized spacial score (nSPS) is 12.7.